The van der Waals surface area contributed by atoms with Gasteiger partial charge in [-0.2, -0.15) is 0 Å². The summed E-state index contributed by atoms with van der Waals surface area (Å²) in [7, 11) is -4.82. The van der Waals surface area contributed by atoms with Crippen molar-refractivity contribution in [3.05, 3.63) is 35.9 Å². The monoisotopic (exact) mass is 482 g/mol. The predicted molar refractivity (Wildman–Crippen MR) is 125 cm³/mol. The van der Waals surface area contributed by atoms with Crippen LogP contribution in [0.4, 0.5) is 4.79 Å². The summed E-state index contributed by atoms with van der Waals surface area (Å²) in [5.74, 6) is -0.980. The number of amides is 1. The van der Waals surface area contributed by atoms with Crippen molar-refractivity contribution in [1.29, 1.82) is 0 Å². The molecule has 1 amide bonds. The van der Waals surface area contributed by atoms with Crippen LogP contribution in [0, 0.1) is 5.92 Å². The third-order valence-corrected chi connectivity index (χ3v) is 10.0. The van der Waals surface area contributed by atoms with Crippen LogP contribution in [-0.4, -0.2) is 62.4 Å². The van der Waals surface area contributed by atoms with Gasteiger partial charge in [0.1, 0.15) is 12.1 Å². The Balaban J connectivity index is 1.60. The summed E-state index contributed by atoms with van der Waals surface area (Å²) >= 11 is 0. The fraction of sp³-hybridized carbons (Fsp3) is 0.636. The maximum Gasteiger partial charge on any atom is 0.411 e. The first-order chi connectivity index (χ1) is 14.9. The Hall–Kier alpha value is -1.91. The van der Waals surface area contributed by atoms with Gasteiger partial charge in [-0.3, -0.25) is 4.90 Å². The topological polar surface area (TPSA) is 113 Å². The van der Waals surface area contributed by atoms with E-state index in [2.05, 4.69) is 24.4 Å². The van der Waals surface area contributed by atoms with E-state index in [0.29, 0.717) is 31.7 Å². The molecule has 0 aromatic heterocycles. The Morgan fingerprint density at radius 1 is 1.25 bits per heavy atom. The lowest BCUT2D eigenvalue weighted by atomic mass is 9.80. The van der Waals surface area contributed by atoms with E-state index in [1.54, 1.807) is 0 Å². The summed E-state index contributed by atoms with van der Waals surface area (Å²) in [5, 5.41) is 9.96. The first-order valence-electron chi connectivity index (χ1n) is 11.1. The van der Waals surface area contributed by atoms with E-state index in [1.165, 1.54) is 4.90 Å². The molecule has 2 saturated heterocycles. The predicted octanol–water partition coefficient (Wildman–Crippen LogP) is 3.28. The Morgan fingerprint density at radius 2 is 1.94 bits per heavy atom. The molecule has 8 nitrogen and oxygen atoms in total. The molecule has 3 rings (SSSR count). The Kier molecular flexibility index (Phi) is 7.36. The van der Waals surface area contributed by atoms with Gasteiger partial charge in [-0.05, 0) is 43.2 Å². The highest BCUT2D eigenvalue weighted by Gasteiger charge is 2.63. The number of carboxylic acid groups (broad SMARTS) is 1. The number of hydrogen-bond acceptors (Lipinski definition) is 5. The summed E-state index contributed by atoms with van der Waals surface area (Å²) in [6.45, 7) is 6.73. The Bertz CT molecular complexity index is 933. The zero-order valence-electron chi connectivity index (χ0n) is 19.0. The molecule has 3 atom stereocenters. The number of aliphatic carboxylic acids is 1. The molecule has 1 aromatic carbocycles. The molecule has 2 fully saturated rings. The number of ether oxygens (including phenoxy) is 1. The van der Waals surface area contributed by atoms with Crippen LogP contribution < -0.4 is 4.72 Å². The summed E-state index contributed by atoms with van der Waals surface area (Å²) in [6, 6.07) is 9.70. The number of benzene rings is 1. The van der Waals surface area contributed by atoms with Crippen molar-refractivity contribution in [2.75, 3.05) is 12.3 Å². The first kappa shape index (κ1) is 24.7. The van der Waals surface area contributed by atoms with Crippen molar-refractivity contribution in [2.24, 2.45) is 5.92 Å². The van der Waals surface area contributed by atoms with Gasteiger partial charge in [0.25, 0.3) is 0 Å². The minimum absolute atomic E-state index is 0.0798. The summed E-state index contributed by atoms with van der Waals surface area (Å²) < 4.78 is 32.7. The van der Waals surface area contributed by atoms with Crippen molar-refractivity contribution in [3.63, 3.8) is 0 Å². The first-order valence-corrected chi connectivity index (χ1v) is 16.5. The third kappa shape index (κ3) is 5.71. The molecule has 1 aromatic rings. The molecule has 0 spiro atoms. The Labute approximate surface area is 191 Å². The normalized spacial score (nSPS) is 25.2. The summed E-state index contributed by atoms with van der Waals surface area (Å²) in [6.07, 6.45) is 1.18. The van der Waals surface area contributed by atoms with Gasteiger partial charge in [0.15, 0.2) is 0 Å². The van der Waals surface area contributed by atoms with Crippen LogP contribution in [0.3, 0.4) is 0 Å². The molecule has 0 radical (unpaired) electrons. The fourth-order valence-electron chi connectivity index (χ4n) is 4.77. The van der Waals surface area contributed by atoms with E-state index in [1.807, 2.05) is 30.3 Å². The van der Waals surface area contributed by atoms with Gasteiger partial charge in [-0.1, -0.05) is 50.0 Å². The van der Waals surface area contributed by atoms with Crippen molar-refractivity contribution in [1.82, 2.24) is 9.62 Å². The number of carbonyl (C=O) groups is 2. The van der Waals surface area contributed by atoms with Gasteiger partial charge >= 0.3 is 12.1 Å². The van der Waals surface area contributed by atoms with Gasteiger partial charge in [0, 0.05) is 20.7 Å². The molecule has 0 saturated carbocycles. The molecule has 2 N–H and O–H groups in total. The van der Waals surface area contributed by atoms with Crippen LogP contribution in [0.25, 0.3) is 0 Å². The molecule has 10 heteroatoms. The van der Waals surface area contributed by atoms with E-state index in [0.717, 1.165) is 5.56 Å². The van der Waals surface area contributed by atoms with E-state index < -0.39 is 35.7 Å². The van der Waals surface area contributed by atoms with Crippen LogP contribution in [0.1, 0.15) is 31.2 Å². The average molecular weight is 483 g/mol. The summed E-state index contributed by atoms with van der Waals surface area (Å²) in [5.41, 5.74) is -0.430. The van der Waals surface area contributed by atoms with Gasteiger partial charge in [-0.15, -0.1) is 0 Å². The number of carbonyl (C=O) groups excluding carboxylic acids is 1. The van der Waals surface area contributed by atoms with E-state index in [4.69, 9.17) is 4.74 Å². The second-order valence-corrected chi connectivity index (χ2v) is 17.7. The summed E-state index contributed by atoms with van der Waals surface area (Å²) in [4.78, 5) is 26.5. The molecule has 178 valence electrons. The number of rotatable bonds is 10. The van der Waals surface area contributed by atoms with E-state index in [-0.39, 0.29) is 30.9 Å². The third-order valence-electron chi connectivity index (χ3n) is 6.55. The van der Waals surface area contributed by atoms with Crippen LogP contribution in [0.15, 0.2) is 30.3 Å². The number of fused-ring (bicyclic) bond motifs is 2. The second kappa shape index (κ2) is 9.52. The molecular weight excluding hydrogens is 448 g/mol. The molecule has 0 unspecified atom stereocenters. The van der Waals surface area contributed by atoms with E-state index >= 15 is 0 Å². The molecular formula is C22H34N2O6SSi. The molecule has 2 aliphatic rings. The Morgan fingerprint density at radius 3 is 2.56 bits per heavy atom. The highest BCUT2D eigenvalue weighted by atomic mass is 32.2. The average Bonchev–Trinajstić information content (AvgIpc) is 3.26. The van der Waals surface area contributed by atoms with Crippen molar-refractivity contribution in [3.8, 4) is 0 Å². The molecule has 2 heterocycles. The smallest absolute Gasteiger partial charge is 0.411 e. The maximum absolute atomic E-state index is 12.9. The number of sulfonamides is 1. The van der Waals surface area contributed by atoms with Crippen LogP contribution in [0.2, 0.25) is 25.7 Å². The van der Waals surface area contributed by atoms with Gasteiger partial charge in [0.2, 0.25) is 10.0 Å². The molecule has 2 aliphatic heterocycles. The van der Waals surface area contributed by atoms with Crippen LogP contribution in [0.5, 0.6) is 0 Å². The standard InChI is InChI=1S/C22H34N2O6SSi/c1-32(2,3)14-13-31(28,29)23-12-10-18-15-22(20(25)26)11-9-19(18)24(22)21(27)30-16-17-7-5-4-6-8-17/h4-8,18-19,23H,9-16H2,1-3H3,(H,25,26)/t18-,19-,22+/m1/s1. The fourth-order valence-corrected chi connectivity index (χ4v) is 8.87. The lowest BCUT2D eigenvalue weighted by molar-refractivity contribution is -0.148. The molecule has 2 bridgehead atoms. The van der Waals surface area contributed by atoms with Crippen molar-refractivity contribution >= 4 is 30.2 Å². The number of nitrogens with one attached hydrogen (secondary N) is 1. The zero-order valence-corrected chi connectivity index (χ0v) is 20.9. The van der Waals surface area contributed by atoms with Gasteiger partial charge in [-0.25, -0.2) is 22.7 Å². The molecule has 32 heavy (non-hydrogen) atoms. The number of hydrogen-bond donors (Lipinski definition) is 2. The van der Waals surface area contributed by atoms with Gasteiger partial charge < -0.3 is 9.84 Å². The minimum Gasteiger partial charge on any atom is -0.479 e. The lowest BCUT2D eigenvalue weighted by Gasteiger charge is -2.29. The van der Waals surface area contributed by atoms with Gasteiger partial charge in [0.05, 0.1) is 5.75 Å². The molecule has 0 aliphatic carbocycles. The largest absolute Gasteiger partial charge is 0.479 e. The SMILES string of the molecule is C[Si](C)(C)CCS(=O)(=O)NCC[C@@H]1C[C@]2(C(=O)O)CC[C@H]1N2C(=O)OCc1ccccc1. The van der Waals surface area contributed by atoms with E-state index in [9.17, 15) is 23.1 Å². The highest BCUT2D eigenvalue weighted by Crippen LogP contribution is 2.51. The van der Waals surface area contributed by atoms with Crippen molar-refractivity contribution < 1.29 is 27.9 Å². The highest BCUT2D eigenvalue weighted by molar-refractivity contribution is 7.89. The van der Waals surface area contributed by atoms with Crippen molar-refractivity contribution in [2.45, 2.75) is 69.6 Å². The minimum atomic E-state index is -3.36. The quantitative estimate of drug-likeness (QED) is 0.495. The number of carboxylic acids is 1. The second-order valence-electron chi connectivity index (χ2n) is 10.1. The lowest BCUT2D eigenvalue weighted by Crippen LogP contribution is -2.50. The maximum atomic E-state index is 12.9. The van der Waals surface area contributed by atoms with Crippen LogP contribution in [-0.2, 0) is 26.2 Å². The number of nitrogens with zero attached hydrogens (tertiary/aromatic N) is 1. The van der Waals surface area contributed by atoms with Crippen LogP contribution >= 0.6 is 0 Å². The zero-order chi connectivity index (χ0) is 23.6.